The van der Waals surface area contributed by atoms with Crippen LogP contribution >= 0.6 is 34.4 Å². The fourth-order valence-corrected chi connectivity index (χ4v) is 6.89. The molecule has 38 heavy (non-hydrogen) atoms. The first kappa shape index (κ1) is 27.9. The second kappa shape index (κ2) is 12.6. The Balaban J connectivity index is 1.53. The highest BCUT2D eigenvalue weighted by Gasteiger charge is 2.30. The Labute approximate surface area is 234 Å². The van der Waals surface area contributed by atoms with Gasteiger partial charge in [-0.25, -0.2) is 4.98 Å². The molecule has 1 N–H and O–H groups in total. The van der Waals surface area contributed by atoms with E-state index >= 15 is 0 Å². The molecule has 1 aliphatic heterocycles. The molecule has 3 aromatic rings. The zero-order valence-electron chi connectivity index (χ0n) is 21.6. The molecular formula is C27H30N4O4S3. The van der Waals surface area contributed by atoms with Crippen LogP contribution in [-0.2, 0) is 4.79 Å². The lowest BCUT2D eigenvalue weighted by Crippen LogP contribution is -2.44. The minimum Gasteiger partial charge on any atom is -0.496 e. The number of aryl methyl sites for hydroxylation is 1. The molecule has 8 nitrogen and oxygen atoms in total. The van der Waals surface area contributed by atoms with E-state index in [-0.39, 0.29) is 23.8 Å². The van der Waals surface area contributed by atoms with E-state index < -0.39 is 0 Å². The van der Waals surface area contributed by atoms with Gasteiger partial charge in [-0.3, -0.25) is 19.7 Å². The summed E-state index contributed by atoms with van der Waals surface area (Å²) in [5.74, 6) is 0.0966. The predicted octanol–water partition coefficient (Wildman–Crippen LogP) is 5.56. The number of anilines is 1. The van der Waals surface area contributed by atoms with Gasteiger partial charge in [0.05, 0.1) is 28.6 Å². The van der Waals surface area contributed by atoms with Crippen molar-refractivity contribution in [1.29, 1.82) is 0 Å². The number of thiophene rings is 1. The Bertz CT molecular complexity index is 1320. The predicted molar refractivity (Wildman–Crippen MR) is 153 cm³/mol. The number of rotatable bonds is 8. The summed E-state index contributed by atoms with van der Waals surface area (Å²) in [5, 5.41) is 6.99. The summed E-state index contributed by atoms with van der Waals surface area (Å²) >= 11 is 4.33. The highest BCUT2D eigenvalue weighted by Crippen LogP contribution is 2.38. The Hall–Kier alpha value is -3.15. The van der Waals surface area contributed by atoms with Crippen LogP contribution in [0.3, 0.4) is 0 Å². The van der Waals surface area contributed by atoms with Gasteiger partial charge in [-0.15, -0.1) is 0 Å². The van der Waals surface area contributed by atoms with Crippen molar-refractivity contribution in [3.63, 3.8) is 0 Å². The molecule has 0 aliphatic carbocycles. The van der Waals surface area contributed by atoms with Gasteiger partial charge in [-0.2, -0.15) is 11.3 Å². The highest BCUT2D eigenvalue weighted by atomic mass is 32.2. The monoisotopic (exact) mass is 570 g/mol. The van der Waals surface area contributed by atoms with Crippen molar-refractivity contribution in [3.05, 3.63) is 64.5 Å². The van der Waals surface area contributed by atoms with E-state index in [0.717, 1.165) is 21.1 Å². The SMILES string of the molecule is C=CC(=O)N1CCCN(C(=O)c2cc(Sc3cnc(NC(=O)c4ccsc4)s3)c(C)cc2OC)C[C@H]1CC. The number of thiazole rings is 1. The topological polar surface area (TPSA) is 91.8 Å². The number of nitrogens with zero attached hydrogens (tertiary/aromatic N) is 3. The van der Waals surface area contributed by atoms with Gasteiger partial charge in [0, 0.05) is 36.0 Å². The van der Waals surface area contributed by atoms with E-state index in [0.29, 0.717) is 48.1 Å². The summed E-state index contributed by atoms with van der Waals surface area (Å²) in [6, 6.07) is 5.43. The number of hydrogen-bond acceptors (Lipinski definition) is 8. The van der Waals surface area contributed by atoms with Crippen LogP contribution in [0.15, 0.2) is 56.9 Å². The van der Waals surface area contributed by atoms with Gasteiger partial charge in [-0.1, -0.05) is 36.6 Å². The summed E-state index contributed by atoms with van der Waals surface area (Å²) in [5.41, 5.74) is 2.05. The van der Waals surface area contributed by atoms with Crippen LogP contribution in [0.5, 0.6) is 5.75 Å². The molecule has 0 bridgehead atoms. The minimum atomic E-state index is -0.193. The molecule has 1 aromatic carbocycles. The van der Waals surface area contributed by atoms with E-state index in [9.17, 15) is 14.4 Å². The largest absolute Gasteiger partial charge is 0.496 e. The third-order valence-corrected chi connectivity index (χ3v) is 9.20. The smallest absolute Gasteiger partial charge is 0.258 e. The molecule has 0 spiro atoms. The molecule has 1 aliphatic rings. The van der Waals surface area contributed by atoms with Crippen molar-refractivity contribution >= 4 is 57.3 Å². The van der Waals surface area contributed by atoms with Crippen LogP contribution in [0.4, 0.5) is 5.13 Å². The molecule has 1 atom stereocenters. The fourth-order valence-electron chi connectivity index (χ4n) is 4.31. The van der Waals surface area contributed by atoms with E-state index in [4.69, 9.17) is 4.74 Å². The van der Waals surface area contributed by atoms with Gasteiger partial charge in [0.25, 0.3) is 11.8 Å². The Morgan fingerprint density at radius 3 is 2.82 bits per heavy atom. The van der Waals surface area contributed by atoms with Gasteiger partial charge in [-0.05, 0) is 55.0 Å². The maximum absolute atomic E-state index is 13.8. The molecule has 0 saturated carbocycles. The first-order valence-electron chi connectivity index (χ1n) is 12.2. The molecule has 4 rings (SSSR count). The molecule has 3 heterocycles. The van der Waals surface area contributed by atoms with Gasteiger partial charge in [0.2, 0.25) is 5.91 Å². The van der Waals surface area contributed by atoms with Crippen LogP contribution in [0, 0.1) is 6.92 Å². The summed E-state index contributed by atoms with van der Waals surface area (Å²) in [7, 11) is 1.56. The third kappa shape index (κ3) is 6.28. The van der Waals surface area contributed by atoms with E-state index in [1.165, 1.54) is 40.5 Å². The van der Waals surface area contributed by atoms with Crippen LogP contribution in [0.25, 0.3) is 0 Å². The van der Waals surface area contributed by atoms with E-state index in [1.807, 2.05) is 41.2 Å². The highest BCUT2D eigenvalue weighted by molar-refractivity contribution is 8.01. The number of ether oxygens (including phenoxy) is 1. The lowest BCUT2D eigenvalue weighted by atomic mass is 10.1. The molecule has 200 valence electrons. The Morgan fingerprint density at radius 2 is 2.13 bits per heavy atom. The average molecular weight is 571 g/mol. The van der Waals surface area contributed by atoms with E-state index in [2.05, 4.69) is 16.9 Å². The van der Waals surface area contributed by atoms with Crippen LogP contribution < -0.4 is 10.1 Å². The standard InChI is InChI=1S/C27H30N4O4S3/c1-5-19-15-30(9-7-10-31(19)23(32)6-2)26(34)20-13-22(17(3)12-21(20)35-4)37-24-14-28-27(38-24)29-25(33)18-8-11-36-16-18/h6,8,11-14,16,19H,2,5,7,9-10,15H2,1,3-4H3,(H,28,29,33)/t19-/m1/s1. The van der Waals surface area contributed by atoms with Gasteiger partial charge in [0.1, 0.15) is 5.75 Å². The van der Waals surface area contributed by atoms with Crippen LogP contribution in [-0.4, -0.2) is 65.3 Å². The zero-order valence-corrected chi connectivity index (χ0v) is 24.0. The number of carbonyl (C=O) groups is 3. The summed E-state index contributed by atoms with van der Waals surface area (Å²) in [6.45, 7) is 9.22. The number of methoxy groups -OCH3 is 1. The van der Waals surface area contributed by atoms with Crippen molar-refractivity contribution in [2.45, 2.75) is 41.8 Å². The van der Waals surface area contributed by atoms with Crippen LogP contribution in [0.1, 0.15) is 46.0 Å². The molecule has 2 aromatic heterocycles. The number of amides is 3. The normalized spacial score (nSPS) is 15.6. The molecule has 0 unspecified atom stereocenters. The Morgan fingerprint density at radius 1 is 1.32 bits per heavy atom. The van der Waals surface area contributed by atoms with Crippen molar-refractivity contribution in [1.82, 2.24) is 14.8 Å². The van der Waals surface area contributed by atoms with Gasteiger partial charge < -0.3 is 14.5 Å². The van der Waals surface area contributed by atoms with E-state index in [1.54, 1.807) is 24.8 Å². The second-order valence-corrected chi connectivity index (χ2v) is 11.9. The molecular weight excluding hydrogens is 541 g/mol. The lowest BCUT2D eigenvalue weighted by Gasteiger charge is -2.30. The first-order chi connectivity index (χ1) is 18.3. The summed E-state index contributed by atoms with van der Waals surface area (Å²) < 4.78 is 6.48. The molecule has 1 fully saturated rings. The molecule has 3 amide bonds. The van der Waals surface area contributed by atoms with Crippen molar-refractivity contribution in [3.8, 4) is 5.75 Å². The maximum Gasteiger partial charge on any atom is 0.258 e. The molecule has 0 radical (unpaired) electrons. The lowest BCUT2D eigenvalue weighted by molar-refractivity contribution is -0.128. The Kier molecular flexibility index (Phi) is 9.24. The average Bonchev–Trinajstić information content (AvgIpc) is 3.57. The minimum absolute atomic E-state index is 0.0721. The maximum atomic E-state index is 13.8. The number of hydrogen-bond donors (Lipinski definition) is 1. The number of nitrogens with one attached hydrogen (secondary N) is 1. The molecule has 1 saturated heterocycles. The van der Waals surface area contributed by atoms with Crippen molar-refractivity contribution in [2.75, 3.05) is 32.1 Å². The number of benzene rings is 1. The first-order valence-corrected chi connectivity index (χ1v) is 14.8. The van der Waals surface area contributed by atoms with Gasteiger partial charge >= 0.3 is 0 Å². The number of carbonyl (C=O) groups excluding carboxylic acids is 3. The fraction of sp³-hybridized carbons (Fsp3) is 0.333. The van der Waals surface area contributed by atoms with Crippen molar-refractivity contribution < 1.29 is 19.1 Å². The van der Waals surface area contributed by atoms with Crippen LogP contribution in [0.2, 0.25) is 0 Å². The van der Waals surface area contributed by atoms with Gasteiger partial charge in [0.15, 0.2) is 5.13 Å². The quantitative estimate of drug-likeness (QED) is 0.357. The number of aromatic nitrogens is 1. The van der Waals surface area contributed by atoms with Crippen molar-refractivity contribution in [2.24, 2.45) is 0 Å². The summed E-state index contributed by atoms with van der Waals surface area (Å²) in [4.78, 5) is 47.3. The zero-order chi connectivity index (χ0) is 27.2. The second-order valence-electron chi connectivity index (χ2n) is 8.77. The molecule has 11 heteroatoms. The summed E-state index contributed by atoms with van der Waals surface area (Å²) in [6.07, 6.45) is 4.49. The third-order valence-electron chi connectivity index (χ3n) is 6.34.